The van der Waals surface area contributed by atoms with Crippen LogP contribution in [0.25, 0.3) is 0 Å². The van der Waals surface area contributed by atoms with E-state index in [0.717, 1.165) is 0 Å². The highest BCUT2D eigenvalue weighted by molar-refractivity contribution is 6.08. The molecular weight excluding hydrogens is 355 g/mol. The number of methoxy groups -OCH3 is 1. The fourth-order valence-electron chi connectivity index (χ4n) is 2.03. The standard InChI is InChI=1S/C12H11N3O4.C6H6FN/c1-19-9-5-3-2-4-7(9)11(16)14-8-6-13-15-10(8)12(17)18;7-5-1-3-6(8)4-2-5/h2-6H,1H3,(H,13,15)(H,14,16)(H,17,18);1-4H,8H2. The monoisotopic (exact) mass is 372 g/mol. The molecule has 0 aliphatic rings. The molecule has 9 heteroatoms. The van der Waals surface area contributed by atoms with Crippen LogP contribution in [0.1, 0.15) is 20.8 Å². The maximum absolute atomic E-state index is 12.0. The highest BCUT2D eigenvalue weighted by Gasteiger charge is 2.17. The number of aromatic nitrogens is 2. The number of amides is 1. The van der Waals surface area contributed by atoms with Gasteiger partial charge in [0.15, 0.2) is 5.69 Å². The van der Waals surface area contributed by atoms with E-state index in [4.69, 9.17) is 15.6 Å². The third-order valence-corrected chi connectivity index (χ3v) is 3.32. The summed E-state index contributed by atoms with van der Waals surface area (Å²) in [6.45, 7) is 0. The van der Waals surface area contributed by atoms with E-state index in [1.165, 1.54) is 37.6 Å². The predicted octanol–water partition coefficient (Wildman–Crippen LogP) is 2.78. The number of ether oxygens (including phenoxy) is 1. The zero-order chi connectivity index (χ0) is 19.8. The van der Waals surface area contributed by atoms with Crippen LogP contribution >= 0.6 is 0 Å². The van der Waals surface area contributed by atoms with Gasteiger partial charge in [-0.1, -0.05) is 12.1 Å². The Morgan fingerprint density at radius 1 is 1.19 bits per heavy atom. The molecule has 0 aliphatic carbocycles. The molecule has 2 aromatic carbocycles. The van der Waals surface area contributed by atoms with Gasteiger partial charge >= 0.3 is 5.97 Å². The molecule has 3 aromatic rings. The zero-order valence-corrected chi connectivity index (χ0v) is 14.3. The molecule has 0 atom stereocenters. The van der Waals surface area contributed by atoms with Crippen LogP contribution in [-0.2, 0) is 0 Å². The first kappa shape index (κ1) is 19.4. The lowest BCUT2D eigenvalue weighted by Gasteiger charge is -2.08. The average Bonchev–Trinajstić information content (AvgIpc) is 3.13. The minimum Gasteiger partial charge on any atom is -0.496 e. The Hall–Kier alpha value is -3.88. The largest absolute Gasteiger partial charge is 0.496 e. The van der Waals surface area contributed by atoms with Gasteiger partial charge in [-0.05, 0) is 36.4 Å². The number of para-hydroxylation sites is 1. The first-order valence-electron chi connectivity index (χ1n) is 7.64. The second-order valence-electron chi connectivity index (χ2n) is 5.17. The van der Waals surface area contributed by atoms with Crippen molar-refractivity contribution in [3.05, 3.63) is 71.8 Å². The molecule has 1 heterocycles. The average molecular weight is 372 g/mol. The van der Waals surface area contributed by atoms with Gasteiger partial charge in [-0.2, -0.15) is 5.10 Å². The van der Waals surface area contributed by atoms with Crippen molar-refractivity contribution >= 4 is 23.3 Å². The van der Waals surface area contributed by atoms with Gasteiger partial charge < -0.3 is 20.9 Å². The molecule has 0 unspecified atom stereocenters. The molecule has 27 heavy (non-hydrogen) atoms. The lowest BCUT2D eigenvalue weighted by atomic mass is 10.2. The number of carbonyl (C=O) groups excluding carboxylic acids is 1. The topological polar surface area (TPSA) is 130 Å². The van der Waals surface area contributed by atoms with Crippen molar-refractivity contribution in [1.29, 1.82) is 0 Å². The Labute approximate surface area is 153 Å². The minimum atomic E-state index is -1.20. The molecule has 0 spiro atoms. The quantitative estimate of drug-likeness (QED) is 0.521. The Morgan fingerprint density at radius 2 is 1.85 bits per heavy atom. The number of H-pyrrole nitrogens is 1. The zero-order valence-electron chi connectivity index (χ0n) is 14.3. The van der Waals surface area contributed by atoms with E-state index in [0.29, 0.717) is 17.0 Å². The van der Waals surface area contributed by atoms with Crippen molar-refractivity contribution in [1.82, 2.24) is 10.2 Å². The van der Waals surface area contributed by atoms with Crippen LogP contribution in [0.3, 0.4) is 0 Å². The summed E-state index contributed by atoms with van der Waals surface area (Å²) in [7, 11) is 1.45. The van der Waals surface area contributed by atoms with Crippen LogP contribution in [0.2, 0.25) is 0 Å². The number of carboxylic acids is 1. The highest BCUT2D eigenvalue weighted by Crippen LogP contribution is 2.20. The lowest BCUT2D eigenvalue weighted by molar-refractivity contribution is 0.0691. The molecule has 140 valence electrons. The fourth-order valence-corrected chi connectivity index (χ4v) is 2.03. The van der Waals surface area contributed by atoms with Gasteiger partial charge in [0.1, 0.15) is 11.6 Å². The summed E-state index contributed by atoms with van der Waals surface area (Å²) in [4.78, 5) is 22.9. The number of anilines is 2. The van der Waals surface area contributed by atoms with E-state index >= 15 is 0 Å². The third kappa shape index (κ3) is 5.30. The van der Waals surface area contributed by atoms with Crippen molar-refractivity contribution in [2.24, 2.45) is 0 Å². The molecule has 0 saturated heterocycles. The Morgan fingerprint density at radius 3 is 2.44 bits per heavy atom. The van der Waals surface area contributed by atoms with Gasteiger partial charge in [-0.3, -0.25) is 9.89 Å². The molecule has 0 saturated carbocycles. The number of carboxylic acid groups (broad SMARTS) is 1. The maximum Gasteiger partial charge on any atom is 0.356 e. The summed E-state index contributed by atoms with van der Waals surface area (Å²) in [5.74, 6) is -1.52. The molecule has 1 amide bonds. The van der Waals surface area contributed by atoms with Crippen molar-refractivity contribution in [3.63, 3.8) is 0 Å². The van der Waals surface area contributed by atoms with Crippen LogP contribution < -0.4 is 15.8 Å². The number of nitrogen functional groups attached to an aromatic ring is 1. The summed E-state index contributed by atoms with van der Waals surface area (Å²) in [5.41, 5.74) is 6.08. The Bertz CT molecular complexity index is 904. The van der Waals surface area contributed by atoms with Gasteiger partial charge in [-0.25, -0.2) is 9.18 Å². The third-order valence-electron chi connectivity index (χ3n) is 3.32. The van der Waals surface area contributed by atoms with E-state index in [1.54, 1.807) is 24.3 Å². The molecule has 0 fully saturated rings. The summed E-state index contributed by atoms with van der Waals surface area (Å²) in [6.07, 6.45) is 1.23. The van der Waals surface area contributed by atoms with E-state index < -0.39 is 11.9 Å². The summed E-state index contributed by atoms with van der Waals surface area (Å²) in [5, 5.41) is 17.2. The molecule has 0 bridgehead atoms. The number of aromatic carboxylic acids is 1. The molecule has 3 rings (SSSR count). The van der Waals surface area contributed by atoms with Crippen LogP contribution in [-0.4, -0.2) is 34.3 Å². The normalized spacial score (nSPS) is 9.70. The number of nitrogens with zero attached hydrogens (tertiary/aromatic N) is 1. The molecular formula is C18H17FN4O4. The van der Waals surface area contributed by atoms with E-state index in [1.807, 2.05) is 0 Å². The van der Waals surface area contributed by atoms with E-state index in [2.05, 4.69) is 15.5 Å². The number of carbonyl (C=O) groups is 2. The smallest absolute Gasteiger partial charge is 0.356 e. The van der Waals surface area contributed by atoms with Gasteiger partial charge in [0.05, 0.1) is 24.6 Å². The highest BCUT2D eigenvalue weighted by atomic mass is 19.1. The maximum atomic E-state index is 12.0. The van der Waals surface area contributed by atoms with Crippen molar-refractivity contribution < 1.29 is 23.8 Å². The number of aromatic amines is 1. The second-order valence-corrected chi connectivity index (χ2v) is 5.17. The van der Waals surface area contributed by atoms with Crippen molar-refractivity contribution in [2.75, 3.05) is 18.2 Å². The number of benzene rings is 2. The van der Waals surface area contributed by atoms with Crippen LogP contribution in [0.15, 0.2) is 54.7 Å². The molecule has 5 N–H and O–H groups in total. The number of hydrogen-bond donors (Lipinski definition) is 4. The number of rotatable bonds is 4. The fraction of sp³-hybridized carbons (Fsp3) is 0.0556. The Kier molecular flexibility index (Phi) is 6.48. The predicted molar refractivity (Wildman–Crippen MR) is 97.3 cm³/mol. The van der Waals surface area contributed by atoms with Crippen LogP contribution in [0, 0.1) is 5.82 Å². The van der Waals surface area contributed by atoms with Gasteiger partial charge in [0.25, 0.3) is 5.91 Å². The SMILES string of the molecule is COc1ccccc1C(=O)Nc1cn[nH]c1C(=O)O.Nc1ccc(F)cc1. The van der Waals surface area contributed by atoms with E-state index in [9.17, 15) is 14.0 Å². The van der Waals surface area contributed by atoms with E-state index in [-0.39, 0.29) is 17.2 Å². The number of nitrogens with two attached hydrogens (primary N) is 1. The first-order valence-corrected chi connectivity index (χ1v) is 7.64. The summed E-state index contributed by atoms with van der Waals surface area (Å²) >= 11 is 0. The molecule has 1 aromatic heterocycles. The molecule has 0 radical (unpaired) electrons. The van der Waals surface area contributed by atoms with Gasteiger partial charge in [-0.15, -0.1) is 0 Å². The van der Waals surface area contributed by atoms with Crippen molar-refractivity contribution in [2.45, 2.75) is 0 Å². The van der Waals surface area contributed by atoms with Gasteiger partial charge in [0, 0.05) is 5.69 Å². The second kappa shape index (κ2) is 8.99. The summed E-state index contributed by atoms with van der Waals surface area (Å²) in [6, 6.07) is 12.3. The number of nitrogens with one attached hydrogen (secondary N) is 2. The molecule has 0 aliphatic heterocycles. The Balaban J connectivity index is 0.000000273. The first-order chi connectivity index (χ1) is 12.9. The van der Waals surface area contributed by atoms with Gasteiger partial charge in [0.2, 0.25) is 0 Å². The lowest BCUT2D eigenvalue weighted by Crippen LogP contribution is -2.15. The minimum absolute atomic E-state index is 0.100. The number of halogens is 1. The van der Waals surface area contributed by atoms with Crippen molar-refractivity contribution in [3.8, 4) is 5.75 Å². The van der Waals surface area contributed by atoms with Crippen LogP contribution in [0.5, 0.6) is 5.75 Å². The summed E-state index contributed by atoms with van der Waals surface area (Å²) < 4.78 is 17.1. The molecule has 8 nitrogen and oxygen atoms in total. The van der Waals surface area contributed by atoms with Crippen LogP contribution in [0.4, 0.5) is 15.8 Å². The number of hydrogen-bond acceptors (Lipinski definition) is 5.